The van der Waals surface area contributed by atoms with Gasteiger partial charge in [-0.1, -0.05) is 18.6 Å². The Morgan fingerprint density at radius 2 is 2.29 bits per heavy atom. The maximum atomic E-state index is 14.2. The predicted octanol–water partition coefficient (Wildman–Crippen LogP) is 2.05. The van der Waals surface area contributed by atoms with E-state index < -0.39 is 0 Å². The van der Waals surface area contributed by atoms with Gasteiger partial charge in [-0.05, 0) is 25.2 Å². The molecule has 2 heterocycles. The molecule has 0 saturated heterocycles. The zero-order chi connectivity index (χ0) is 14.7. The monoisotopic (exact) mass is 290 g/mol. The molecule has 1 N–H and O–H groups in total. The zero-order valence-corrected chi connectivity index (χ0v) is 12.0. The number of hydrogen-bond acceptors (Lipinski definition) is 5. The van der Waals surface area contributed by atoms with Gasteiger partial charge in [-0.25, -0.2) is 14.4 Å². The Hall–Kier alpha value is -2.05. The Kier molecular flexibility index (Phi) is 4.08. The number of nitrogens with one attached hydrogen (secondary N) is 1. The third-order valence-corrected chi connectivity index (χ3v) is 4.07. The minimum atomic E-state index is -0.327. The van der Waals surface area contributed by atoms with E-state index in [0.717, 1.165) is 25.8 Å². The van der Waals surface area contributed by atoms with E-state index in [1.807, 2.05) is 17.8 Å². The summed E-state index contributed by atoms with van der Waals surface area (Å²) in [5.41, 5.74) is 0.457. The topological polar surface area (TPSA) is 68.5 Å². The Bertz CT molecular complexity index is 585. The molecule has 7 heteroatoms. The van der Waals surface area contributed by atoms with Crippen LogP contribution in [0, 0.1) is 11.7 Å². The van der Waals surface area contributed by atoms with Crippen LogP contribution in [0.5, 0.6) is 0 Å². The first-order valence-corrected chi connectivity index (χ1v) is 7.38. The highest BCUT2D eigenvalue weighted by Crippen LogP contribution is 2.30. The van der Waals surface area contributed by atoms with Crippen molar-refractivity contribution in [3.05, 3.63) is 30.2 Å². The van der Waals surface area contributed by atoms with Crippen LogP contribution >= 0.6 is 0 Å². The van der Waals surface area contributed by atoms with Gasteiger partial charge in [0.25, 0.3) is 0 Å². The second-order valence-electron chi connectivity index (χ2n) is 5.40. The molecule has 0 amide bonds. The van der Waals surface area contributed by atoms with E-state index in [0.29, 0.717) is 23.9 Å². The highest BCUT2D eigenvalue weighted by molar-refractivity contribution is 5.38. The van der Waals surface area contributed by atoms with Crippen LogP contribution in [-0.4, -0.2) is 31.0 Å². The number of nitrogens with zero attached hydrogens (tertiary/aromatic N) is 5. The molecule has 0 radical (unpaired) electrons. The molecule has 6 nitrogen and oxygen atoms in total. The van der Waals surface area contributed by atoms with Crippen molar-refractivity contribution in [2.45, 2.75) is 45.2 Å². The summed E-state index contributed by atoms with van der Waals surface area (Å²) in [6.45, 7) is 2.68. The summed E-state index contributed by atoms with van der Waals surface area (Å²) >= 11 is 0. The fourth-order valence-electron chi connectivity index (χ4n) is 2.94. The number of halogens is 1. The van der Waals surface area contributed by atoms with Crippen molar-refractivity contribution in [2.75, 3.05) is 5.32 Å². The molecule has 1 saturated carbocycles. The van der Waals surface area contributed by atoms with Gasteiger partial charge in [0.15, 0.2) is 11.6 Å². The van der Waals surface area contributed by atoms with Crippen LogP contribution in [0.3, 0.4) is 0 Å². The molecule has 0 unspecified atom stereocenters. The van der Waals surface area contributed by atoms with Crippen molar-refractivity contribution in [1.82, 2.24) is 25.0 Å². The highest BCUT2D eigenvalue weighted by Gasteiger charge is 2.29. The van der Waals surface area contributed by atoms with Gasteiger partial charge < -0.3 is 5.32 Å². The van der Waals surface area contributed by atoms with Gasteiger partial charge in [-0.15, -0.1) is 5.10 Å². The van der Waals surface area contributed by atoms with Gasteiger partial charge in [0, 0.05) is 18.8 Å². The lowest BCUT2D eigenvalue weighted by Gasteiger charge is -2.21. The summed E-state index contributed by atoms with van der Waals surface area (Å²) < 4.78 is 16.0. The lowest BCUT2D eigenvalue weighted by Crippen LogP contribution is -2.28. The fraction of sp³-hybridized carbons (Fsp3) is 0.571. The van der Waals surface area contributed by atoms with Crippen molar-refractivity contribution in [1.29, 1.82) is 0 Å². The van der Waals surface area contributed by atoms with Crippen molar-refractivity contribution >= 4 is 5.82 Å². The van der Waals surface area contributed by atoms with Crippen molar-refractivity contribution in [3.63, 3.8) is 0 Å². The summed E-state index contributed by atoms with van der Waals surface area (Å²) in [5, 5.41) is 11.1. The van der Waals surface area contributed by atoms with Gasteiger partial charge in [-0.3, -0.25) is 4.68 Å². The van der Waals surface area contributed by atoms with Gasteiger partial charge >= 0.3 is 0 Å². The predicted molar refractivity (Wildman–Crippen MR) is 76.1 cm³/mol. The van der Waals surface area contributed by atoms with Gasteiger partial charge in [-0.2, -0.15) is 0 Å². The minimum absolute atomic E-state index is 0.211. The van der Waals surface area contributed by atoms with Crippen LogP contribution in [0.4, 0.5) is 10.2 Å². The molecule has 0 aromatic carbocycles. The first-order chi connectivity index (χ1) is 10.3. The Balaban J connectivity index is 1.71. The van der Waals surface area contributed by atoms with Gasteiger partial charge in [0.2, 0.25) is 0 Å². The molecule has 1 aliphatic rings. The number of rotatable bonds is 5. The molecule has 21 heavy (non-hydrogen) atoms. The molecule has 112 valence electrons. The van der Waals surface area contributed by atoms with E-state index >= 15 is 0 Å². The van der Waals surface area contributed by atoms with Crippen LogP contribution < -0.4 is 5.32 Å². The molecule has 1 fully saturated rings. The van der Waals surface area contributed by atoms with Gasteiger partial charge in [0.05, 0.1) is 11.9 Å². The first-order valence-electron chi connectivity index (χ1n) is 7.38. The maximum Gasteiger partial charge on any atom is 0.186 e. The Morgan fingerprint density at radius 3 is 3.05 bits per heavy atom. The third-order valence-electron chi connectivity index (χ3n) is 4.07. The van der Waals surface area contributed by atoms with E-state index in [1.165, 1.54) is 6.33 Å². The van der Waals surface area contributed by atoms with E-state index in [-0.39, 0.29) is 11.9 Å². The molecule has 0 spiro atoms. The van der Waals surface area contributed by atoms with Crippen molar-refractivity contribution in [2.24, 2.45) is 5.92 Å². The Morgan fingerprint density at radius 1 is 1.38 bits per heavy atom. The summed E-state index contributed by atoms with van der Waals surface area (Å²) in [7, 11) is 0. The summed E-state index contributed by atoms with van der Waals surface area (Å²) in [4.78, 5) is 8.01. The standard InChI is InChI=1S/C14H19FN6/c1-2-11-13(15)14(17-9-16-11)19-12-5-3-4-10(12)8-21-7-6-18-20-21/h6-7,9-10,12H,2-5,8H2,1H3,(H,16,17,19)/t10-,12-/m1/s1. The SMILES string of the molecule is CCc1ncnc(N[C@@H]2CCC[C@@H]2Cn2ccnn2)c1F. The lowest BCUT2D eigenvalue weighted by molar-refractivity contribution is 0.397. The molecule has 2 atom stereocenters. The van der Waals surface area contributed by atoms with Crippen LogP contribution in [0.1, 0.15) is 31.9 Å². The molecular weight excluding hydrogens is 271 g/mol. The smallest absolute Gasteiger partial charge is 0.186 e. The second kappa shape index (κ2) is 6.15. The molecule has 0 aliphatic heterocycles. The summed E-state index contributed by atoms with van der Waals surface area (Å²) in [6.07, 6.45) is 8.77. The van der Waals surface area contributed by atoms with Crippen LogP contribution in [-0.2, 0) is 13.0 Å². The number of anilines is 1. The fourth-order valence-corrected chi connectivity index (χ4v) is 2.94. The summed E-state index contributed by atoms with van der Waals surface area (Å²) in [5.74, 6) is 0.398. The number of aryl methyl sites for hydroxylation is 1. The number of hydrogen-bond donors (Lipinski definition) is 1. The number of aromatic nitrogens is 5. The Labute approximate surface area is 122 Å². The van der Waals surface area contributed by atoms with E-state index in [2.05, 4.69) is 25.6 Å². The molecular formula is C14H19FN6. The summed E-state index contributed by atoms with van der Waals surface area (Å²) in [6, 6.07) is 0.211. The van der Waals surface area contributed by atoms with Crippen LogP contribution in [0.15, 0.2) is 18.7 Å². The van der Waals surface area contributed by atoms with Crippen molar-refractivity contribution < 1.29 is 4.39 Å². The quantitative estimate of drug-likeness (QED) is 0.912. The van der Waals surface area contributed by atoms with E-state index in [1.54, 1.807) is 6.20 Å². The molecule has 2 aromatic rings. The third kappa shape index (κ3) is 3.01. The second-order valence-corrected chi connectivity index (χ2v) is 5.40. The highest BCUT2D eigenvalue weighted by atomic mass is 19.1. The first kappa shape index (κ1) is 13.9. The van der Waals surface area contributed by atoms with Gasteiger partial charge in [0.1, 0.15) is 6.33 Å². The molecule has 2 aromatic heterocycles. The van der Waals surface area contributed by atoms with E-state index in [4.69, 9.17) is 0 Å². The molecule has 0 bridgehead atoms. The van der Waals surface area contributed by atoms with Crippen LogP contribution in [0.25, 0.3) is 0 Å². The largest absolute Gasteiger partial charge is 0.364 e. The minimum Gasteiger partial charge on any atom is -0.364 e. The normalized spacial score (nSPS) is 21.6. The molecule has 1 aliphatic carbocycles. The molecule has 3 rings (SSSR count). The lowest BCUT2D eigenvalue weighted by atomic mass is 10.0. The maximum absolute atomic E-state index is 14.2. The van der Waals surface area contributed by atoms with Crippen LogP contribution in [0.2, 0.25) is 0 Å². The van der Waals surface area contributed by atoms with E-state index in [9.17, 15) is 4.39 Å². The average Bonchev–Trinajstić information content (AvgIpc) is 3.14. The van der Waals surface area contributed by atoms with Crippen molar-refractivity contribution in [3.8, 4) is 0 Å². The zero-order valence-electron chi connectivity index (χ0n) is 12.0. The average molecular weight is 290 g/mol.